The van der Waals surface area contributed by atoms with E-state index < -0.39 is 0 Å². The first-order valence-corrected chi connectivity index (χ1v) is 7.38. The molecule has 2 N–H and O–H groups in total. The van der Waals surface area contributed by atoms with E-state index in [2.05, 4.69) is 17.0 Å². The number of hydrogen-bond acceptors (Lipinski definition) is 2. The Bertz CT molecular complexity index is 390. The molecule has 3 rings (SSSR count). The number of nitrogen functional groups attached to an aromatic ring is 1. The van der Waals surface area contributed by atoms with Gasteiger partial charge in [0.1, 0.15) is 0 Å². The van der Waals surface area contributed by atoms with Crippen LogP contribution in [0.3, 0.4) is 0 Å². The second-order valence-electron chi connectivity index (χ2n) is 6.01. The number of rotatable bonds is 4. The van der Waals surface area contributed by atoms with Gasteiger partial charge in [-0.15, -0.1) is 0 Å². The smallest absolute Gasteiger partial charge is 0.0346 e. The standard InChI is InChI=1S/C16H24N2/c17-16-9-2-1-5-13(16)8-4-10-18-11-14-6-3-7-15(14)12-18/h1-2,5,9,14-15H,3-4,6-8,10-12,17H2. The number of para-hydroxylation sites is 1. The zero-order chi connectivity index (χ0) is 12.4. The summed E-state index contributed by atoms with van der Waals surface area (Å²) in [7, 11) is 0. The fraction of sp³-hybridized carbons (Fsp3) is 0.625. The first kappa shape index (κ1) is 12.0. The molecule has 1 aliphatic carbocycles. The van der Waals surface area contributed by atoms with Crippen LogP contribution in [0.15, 0.2) is 24.3 Å². The summed E-state index contributed by atoms with van der Waals surface area (Å²) in [6.45, 7) is 3.96. The molecule has 2 unspecified atom stereocenters. The summed E-state index contributed by atoms with van der Waals surface area (Å²) < 4.78 is 0. The van der Waals surface area contributed by atoms with Crippen LogP contribution < -0.4 is 5.73 Å². The average Bonchev–Trinajstić information content (AvgIpc) is 2.92. The highest BCUT2D eigenvalue weighted by atomic mass is 15.2. The van der Waals surface area contributed by atoms with Crippen LogP contribution in [-0.4, -0.2) is 24.5 Å². The van der Waals surface area contributed by atoms with E-state index >= 15 is 0 Å². The molecule has 2 nitrogen and oxygen atoms in total. The van der Waals surface area contributed by atoms with Gasteiger partial charge in [-0.3, -0.25) is 0 Å². The third-order valence-electron chi connectivity index (χ3n) is 4.78. The second kappa shape index (κ2) is 5.31. The van der Waals surface area contributed by atoms with E-state index in [0.29, 0.717) is 0 Å². The molecule has 1 aromatic carbocycles. The lowest BCUT2D eigenvalue weighted by Crippen LogP contribution is -2.23. The van der Waals surface area contributed by atoms with Gasteiger partial charge in [0.2, 0.25) is 0 Å². The predicted molar refractivity (Wildman–Crippen MR) is 76.4 cm³/mol. The number of anilines is 1. The number of hydrogen-bond donors (Lipinski definition) is 1. The van der Waals surface area contributed by atoms with Crippen molar-refractivity contribution in [3.63, 3.8) is 0 Å². The summed E-state index contributed by atoms with van der Waals surface area (Å²) >= 11 is 0. The van der Waals surface area contributed by atoms with Crippen molar-refractivity contribution in [3.05, 3.63) is 29.8 Å². The van der Waals surface area contributed by atoms with Crippen molar-refractivity contribution < 1.29 is 0 Å². The van der Waals surface area contributed by atoms with Crippen molar-refractivity contribution in [2.75, 3.05) is 25.4 Å². The lowest BCUT2D eigenvalue weighted by atomic mass is 10.0. The Morgan fingerprint density at radius 2 is 1.83 bits per heavy atom. The Morgan fingerprint density at radius 1 is 1.11 bits per heavy atom. The van der Waals surface area contributed by atoms with Crippen LogP contribution in [0.2, 0.25) is 0 Å². The van der Waals surface area contributed by atoms with Gasteiger partial charge in [-0.1, -0.05) is 24.6 Å². The predicted octanol–water partition coefficient (Wildman–Crippen LogP) is 2.93. The van der Waals surface area contributed by atoms with E-state index in [9.17, 15) is 0 Å². The molecule has 1 heterocycles. The quantitative estimate of drug-likeness (QED) is 0.825. The van der Waals surface area contributed by atoms with E-state index in [1.165, 1.54) is 50.9 Å². The summed E-state index contributed by atoms with van der Waals surface area (Å²) in [4.78, 5) is 2.67. The molecule has 2 heteroatoms. The molecule has 0 aromatic heterocycles. The maximum atomic E-state index is 5.98. The van der Waals surface area contributed by atoms with Crippen molar-refractivity contribution in [2.24, 2.45) is 11.8 Å². The fourth-order valence-electron chi connectivity index (χ4n) is 3.77. The Labute approximate surface area is 110 Å². The van der Waals surface area contributed by atoms with Crippen LogP contribution in [0, 0.1) is 11.8 Å². The Hall–Kier alpha value is -1.02. The Balaban J connectivity index is 1.44. The summed E-state index contributed by atoms with van der Waals surface area (Å²) in [6.07, 6.45) is 6.80. The van der Waals surface area contributed by atoms with Gasteiger partial charge < -0.3 is 10.6 Å². The molecule has 18 heavy (non-hydrogen) atoms. The summed E-state index contributed by atoms with van der Waals surface area (Å²) in [5, 5.41) is 0. The normalized spacial score (nSPS) is 27.6. The topological polar surface area (TPSA) is 29.3 Å². The highest BCUT2D eigenvalue weighted by molar-refractivity contribution is 5.46. The number of likely N-dealkylation sites (tertiary alicyclic amines) is 1. The van der Waals surface area contributed by atoms with Gasteiger partial charge in [0.05, 0.1) is 0 Å². The van der Waals surface area contributed by atoms with E-state index in [-0.39, 0.29) is 0 Å². The zero-order valence-corrected chi connectivity index (χ0v) is 11.1. The molecular weight excluding hydrogens is 220 g/mol. The molecule has 1 aliphatic heterocycles. The highest BCUT2D eigenvalue weighted by Gasteiger charge is 2.35. The maximum absolute atomic E-state index is 5.98. The summed E-state index contributed by atoms with van der Waals surface area (Å²) in [6, 6.07) is 8.27. The maximum Gasteiger partial charge on any atom is 0.0346 e. The van der Waals surface area contributed by atoms with Gasteiger partial charge in [0, 0.05) is 18.8 Å². The third-order valence-corrected chi connectivity index (χ3v) is 4.78. The van der Waals surface area contributed by atoms with E-state index in [1.807, 2.05) is 12.1 Å². The minimum Gasteiger partial charge on any atom is -0.399 e. The molecule has 1 saturated carbocycles. The Morgan fingerprint density at radius 3 is 2.56 bits per heavy atom. The molecule has 0 bridgehead atoms. The fourth-order valence-corrected chi connectivity index (χ4v) is 3.77. The number of nitrogens with two attached hydrogens (primary N) is 1. The monoisotopic (exact) mass is 244 g/mol. The van der Waals surface area contributed by atoms with Crippen molar-refractivity contribution in [2.45, 2.75) is 32.1 Å². The molecule has 0 spiro atoms. The van der Waals surface area contributed by atoms with Gasteiger partial charge in [-0.25, -0.2) is 0 Å². The molecule has 1 aromatic rings. The minimum absolute atomic E-state index is 0.954. The molecule has 1 saturated heterocycles. The lowest BCUT2D eigenvalue weighted by molar-refractivity contribution is 0.307. The number of nitrogens with zero attached hydrogens (tertiary/aromatic N) is 1. The Kier molecular flexibility index (Phi) is 3.55. The van der Waals surface area contributed by atoms with Crippen LogP contribution >= 0.6 is 0 Å². The first-order chi connectivity index (χ1) is 8.83. The molecule has 0 amide bonds. The van der Waals surface area contributed by atoms with Crippen LogP contribution in [0.25, 0.3) is 0 Å². The zero-order valence-electron chi connectivity index (χ0n) is 11.1. The third kappa shape index (κ3) is 2.54. The van der Waals surface area contributed by atoms with Crippen molar-refractivity contribution in [3.8, 4) is 0 Å². The van der Waals surface area contributed by atoms with Crippen LogP contribution in [0.1, 0.15) is 31.2 Å². The summed E-state index contributed by atoms with van der Waals surface area (Å²) in [5.74, 6) is 2.04. The molecule has 0 radical (unpaired) electrons. The lowest BCUT2D eigenvalue weighted by Gasteiger charge is -2.16. The van der Waals surface area contributed by atoms with Gasteiger partial charge in [0.25, 0.3) is 0 Å². The minimum atomic E-state index is 0.954. The van der Waals surface area contributed by atoms with Crippen LogP contribution in [0.4, 0.5) is 5.69 Å². The van der Waals surface area contributed by atoms with Crippen LogP contribution in [-0.2, 0) is 6.42 Å². The number of fused-ring (bicyclic) bond motifs is 1. The van der Waals surface area contributed by atoms with E-state index in [1.54, 1.807) is 0 Å². The average molecular weight is 244 g/mol. The summed E-state index contributed by atoms with van der Waals surface area (Å²) in [5.41, 5.74) is 8.25. The van der Waals surface area contributed by atoms with Crippen LogP contribution in [0.5, 0.6) is 0 Å². The van der Waals surface area contributed by atoms with E-state index in [0.717, 1.165) is 23.9 Å². The van der Waals surface area contributed by atoms with Gasteiger partial charge >= 0.3 is 0 Å². The van der Waals surface area contributed by atoms with Gasteiger partial charge in [0.15, 0.2) is 0 Å². The largest absolute Gasteiger partial charge is 0.399 e. The number of aryl methyl sites for hydroxylation is 1. The van der Waals surface area contributed by atoms with Crippen molar-refractivity contribution in [1.82, 2.24) is 4.90 Å². The van der Waals surface area contributed by atoms with Gasteiger partial charge in [-0.05, 0) is 55.7 Å². The number of benzene rings is 1. The second-order valence-corrected chi connectivity index (χ2v) is 6.01. The van der Waals surface area contributed by atoms with Crippen molar-refractivity contribution in [1.29, 1.82) is 0 Å². The van der Waals surface area contributed by atoms with Crippen molar-refractivity contribution >= 4 is 5.69 Å². The first-order valence-electron chi connectivity index (χ1n) is 7.38. The molecule has 2 aliphatic rings. The molecule has 2 fully saturated rings. The molecular formula is C16H24N2. The van der Waals surface area contributed by atoms with Gasteiger partial charge in [-0.2, -0.15) is 0 Å². The SMILES string of the molecule is Nc1ccccc1CCCN1CC2CCCC2C1. The molecule has 98 valence electrons. The highest BCUT2D eigenvalue weighted by Crippen LogP contribution is 2.37. The molecule has 2 atom stereocenters. The van der Waals surface area contributed by atoms with E-state index in [4.69, 9.17) is 5.73 Å².